The molecule has 10 heavy (non-hydrogen) atoms. The third kappa shape index (κ3) is 4.28. The van der Waals surface area contributed by atoms with Crippen LogP contribution in [0.4, 0.5) is 4.79 Å². The molecule has 7 heteroatoms. The quantitative estimate of drug-likeness (QED) is 0.696. The third-order valence-corrected chi connectivity index (χ3v) is 1.82. The highest BCUT2D eigenvalue weighted by molar-refractivity contribution is 6.70. The molecule has 0 fully saturated rings. The van der Waals surface area contributed by atoms with Gasteiger partial charge < -0.3 is 10.5 Å². The average molecular weight is 227 g/mol. The predicted octanol–water partition coefficient (Wildman–Crippen LogP) is 2.02. The van der Waals surface area contributed by atoms with Gasteiger partial charge in [0.15, 0.2) is 0 Å². The molecule has 0 saturated carbocycles. The summed E-state index contributed by atoms with van der Waals surface area (Å²) in [6.07, 6.45) is -1.09. The molecule has 0 bridgehead atoms. The molecule has 0 saturated heterocycles. The van der Waals surface area contributed by atoms with Gasteiger partial charge in [-0.25, -0.2) is 4.79 Å². The number of amides is 1. The molecule has 2 N–H and O–H groups in total. The maximum absolute atomic E-state index is 10.00. The van der Waals surface area contributed by atoms with Crippen molar-refractivity contribution in [3.8, 4) is 0 Å². The molecule has 0 aliphatic carbocycles. The molecule has 0 heterocycles. The number of carbonyl (C=O) groups is 1. The number of carbonyl (C=O) groups excluding carboxylic acids is 1. The van der Waals surface area contributed by atoms with Gasteiger partial charge in [0.2, 0.25) is 9.36 Å². The number of ether oxygens (including phenoxy) is 1. The first-order chi connectivity index (χ1) is 4.34. The summed E-state index contributed by atoms with van der Waals surface area (Å²) >= 11 is 20.8. The summed E-state index contributed by atoms with van der Waals surface area (Å²) in [7, 11) is 0. The molecule has 0 aromatic heterocycles. The highest BCUT2D eigenvalue weighted by Crippen LogP contribution is 2.34. The van der Waals surface area contributed by atoms with Gasteiger partial charge in [0.05, 0.1) is 0 Å². The van der Waals surface area contributed by atoms with E-state index in [-0.39, 0.29) is 0 Å². The number of rotatable bonds is 1. The number of nitrogens with two attached hydrogens (primary N) is 1. The van der Waals surface area contributed by atoms with Crippen LogP contribution in [-0.2, 0) is 4.74 Å². The first-order valence-corrected chi connectivity index (χ1v) is 3.58. The molecule has 0 radical (unpaired) electrons. The average Bonchev–Trinajstić information content (AvgIpc) is 1.60. The molecule has 1 unspecified atom stereocenters. The molecule has 0 spiro atoms. The zero-order chi connectivity index (χ0) is 8.36. The Balaban J connectivity index is 3.85. The van der Waals surface area contributed by atoms with Crippen molar-refractivity contribution in [2.75, 3.05) is 0 Å². The van der Waals surface area contributed by atoms with E-state index in [2.05, 4.69) is 10.5 Å². The summed E-state index contributed by atoms with van der Waals surface area (Å²) in [6, 6.07) is 0. The lowest BCUT2D eigenvalue weighted by Gasteiger charge is -2.16. The van der Waals surface area contributed by atoms with Gasteiger partial charge in [0, 0.05) is 0 Å². The number of halogens is 4. The SMILES string of the molecule is NC(=O)OC(Cl)C(Cl)(Cl)Cl. The van der Waals surface area contributed by atoms with Gasteiger partial charge in [-0.1, -0.05) is 46.4 Å². The Morgan fingerprint density at radius 2 is 1.90 bits per heavy atom. The van der Waals surface area contributed by atoms with Crippen LogP contribution >= 0.6 is 46.4 Å². The van der Waals surface area contributed by atoms with Crippen molar-refractivity contribution in [3.63, 3.8) is 0 Å². The summed E-state index contributed by atoms with van der Waals surface area (Å²) in [6.45, 7) is 0. The Morgan fingerprint density at radius 1 is 1.50 bits per heavy atom. The van der Waals surface area contributed by atoms with Crippen molar-refractivity contribution in [1.82, 2.24) is 0 Å². The van der Waals surface area contributed by atoms with Gasteiger partial charge in [-0.3, -0.25) is 0 Å². The molecular formula is C3H3Cl4NO2. The highest BCUT2D eigenvalue weighted by Gasteiger charge is 2.33. The Bertz CT molecular complexity index is 133. The van der Waals surface area contributed by atoms with Crippen LogP contribution in [-0.4, -0.2) is 15.4 Å². The third-order valence-electron chi connectivity index (χ3n) is 0.477. The lowest BCUT2D eigenvalue weighted by molar-refractivity contribution is 0.144. The number of hydrogen-bond acceptors (Lipinski definition) is 2. The van der Waals surface area contributed by atoms with Crippen molar-refractivity contribution >= 4 is 52.5 Å². The van der Waals surface area contributed by atoms with Crippen molar-refractivity contribution in [3.05, 3.63) is 0 Å². The minimum absolute atomic E-state index is 1.09. The molecular weight excluding hydrogens is 224 g/mol. The van der Waals surface area contributed by atoms with E-state index in [0.717, 1.165) is 0 Å². The second-order valence-electron chi connectivity index (χ2n) is 1.29. The van der Waals surface area contributed by atoms with E-state index in [1.54, 1.807) is 0 Å². The second kappa shape index (κ2) is 3.72. The number of hydrogen-bond donors (Lipinski definition) is 1. The largest absolute Gasteiger partial charge is 0.425 e. The molecule has 1 amide bonds. The molecule has 60 valence electrons. The molecule has 3 nitrogen and oxygen atoms in total. The number of alkyl halides is 4. The normalized spacial score (nSPS) is 14.4. The van der Waals surface area contributed by atoms with E-state index in [0.29, 0.717) is 0 Å². The second-order valence-corrected chi connectivity index (χ2v) is 4.06. The van der Waals surface area contributed by atoms with Crippen LogP contribution in [0.2, 0.25) is 0 Å². The molecule has 0 aliphatic heterocycles. The summed E-state index contributed by atoms with van der Waals surface area (Å²) in [5.74, 6) is 0. The minimum Gasteiger partial charge on any atom is -0.425 e. The van der Waals surface area contributed by atoms with Gasteiger partial charge in [-0.05, 0) is 0 Å². The van der Waals surface area contributed by atoms with Crippen molar-refractivity contribution < 1.29 is 9.53 Å². The minimum atomic E-state index is -1.85. The van der Waals surface area contributed by atoms with Crippen LogP contribution < -0.4 is 5.73 Å². The predicted molar refractivity (Wildman–Crippen MR) is 40.6 cm³/mol. The lowest BCUT2D eigenvalue weighted by Crippen LogP contribution is -2.28. The Hall–Kier alpha value is 0.430. The Kier molecular flexibility index (Phi) is 3.88. The first kappa shape index (κ1) is 10.4. The Morgan fingerprint density at radius 3 is 2.00 bits per heavy atom. The van der Waals surface area contributed by atoms with E-state index in [1.165, 1.54) is 0 Å². The molecule has 0 aromatic carbocycles. The smallest absolute Gasteiger partial charge is 0.406 e. The van der Waals surface area contributed by atoms with Gasteiger partial charge in [0.1, 0.15) is 0 Å². The monoisotopic (exact) mass is 225 g/mol. The first-order valence-electron chi connectivity index (χ1n) is 2.01. The van der Waals surface area contributed by atoms with Crippen LogP contribution in [0.15, 0.2) is 0 Å². The van der Waals surface area contributed by atoms with Gasteiger partial charge in [-0.2, -0.15) is 0 Å². The van der Waals surface area contributed by atoms with Crippen molar-refractivity contribution in [1.29, 1.82) is 0 Å². The van der Waals surface area contributed by atoms with E-state index < -0.39 is 15.4 Å². The zero-order valence-electron chi connectivity index (χ0n) is 4.48. The highest BCUT2D eigenvalue weighted by atomic mass is 35.6. The fourth-order valence-corrected chi connectivity index (χ4v) is 0.390. The van der Waals surface area contributed by atoms with E-state index in [4.69, 9.17) is 46.4 Å². The fraction of sp³-hybridized carbons (Fsp3) is 0.667. The van der Waals surface area contributed by atoms with Crippen molar-refractivity contribution in [2.45, 2.75) is 9.36 Å². The maximum Gasteiger partial charge on any atom is 0.406 e. The molecule has 0 aliphatic rings. The van der Waals surface area contributed by atoms with Gasteiger partial charge >= 0.3 is 6.09 Å². The topological polar surface area (TPSA) is 52.3 Å². The van der Waals surface area contributed by atoms with E-state index in [1.807, 2.05) is 0 Å². The molecule has 1 atom stereocenters. The van der Waals surface area contributed by atoms with Gasteiger partial charge in [0.25, 0.3) is 0 Å². The van der Waals surface area contributed by atoms with Crippen molar-refractivity contribution in [2.24, 2.45) is 5.73 Å². The van der Waals surface area contributed by atoms with Crippen LogP contribution in [0.25, 0.3) is 0 Å². The van der Waals surface area contributed by atoms with Gasteiger partial charge in [-0.15, -0.1) is 0 Å². The van der Waals surface area contributed by atoms with Crippen LogP contribution in [0, 0.1) is 0 Å². The Labute approximate surface area is 77.3 Å². The van der Waals surface area contributed by atoms with Crippen LogP contribution in [0.1, 0.15) is 0 Å². The van der Waals surface area contributed by atoms with E-state index in [9.17, 15) is 4.79 Å². The lowest BCUT2D eigenvalue weighted by atomic mass is 10.8. The molecule has 0 aromatic rings. The fourth-order valence-electron chi connectivity index (χ4n) is 0.169. The maximum atomic E-state index is 10.00. The van der Waals surface area contributed by atoms with E-state index >= 15 is 0 Å². The standard InChI is InChI=1S/C3H3Cl4NO2/c4-1(3(5,6)7)10-2(8)9/h1H,(H2,8,9). The zero-order valence-corrected chi connectivity index (χ0v) is 7.51. The number of primary amides is 1. The summed E-state index contributed by atoms with van der Waals surface area (Å²) < 4.78 is 2.27. The van der Waals surface area contributed by atoms with Crippen LogP contribution in [0.5, 0.6) is 0 Å². The summed E-state index contributed by atoms with van der Waals surface area (Å²) in [5.41, 5.74) is 3.20. The van der Waals surface area contributed by atoms with Crippen LogP contribution in [0.3, 0.4) is 0 Å². The summed E-state index contributed by atoms with van der Waals surface area (Å²) in [4.78, 5) is 10.00. The summed E-state index contributed by atoms with van der Waals surface area (Å²) in [5, 5.41) is 0. The molecule has 0 rings (SSSR count).